The number of hydrogen-bond donors (Lipinski definition) is 1. The number of piperazine rings is 1. The fraction of sp³-hybridized carbons (Fsp3) is 0.526. The van der Waals surface area contributed by atoms with E-state index in [1.165, 1.54) is 10.9 Å². The van der Waals surface area contributed by atoms with Crippen molar-refractivity contribution < 1.29 is 4.79 Å². The number of carbonyl (C=O) groups excluding carboxylic acids is 1. The molecular weight excluding hydrogens is 357 g/mol. The molecule has 0 saturated carbocycles. The lowest BCUT2D eigenvalue weighted by atomic mass is 9.90. The minimum atomic E-state index is 0. The van der Waals surface area contributed by atoms with E-state index in [1.807, 2.05) is 16.7 Å². The molecule has 6 heteroatoms. The summed E-state index contributed by atoms with van der Waals surface area (Å²) < 4.78 is 1.81. The third-order valence-corrected chi connectivity index (χ3v) is 5.13. The number of halogens is 2. The Balaban J connectivity index is 0.00000156. The summed E-state index contributed by atoms with van der Waals surface area (Å²) in [5.74, 6) is 0.634. The topological polar surface area (TPSA) is 37.3 Å². The molecule has 0 bridgehead atoms. The Morgan fingerprint density at radius 3 is 2.44 bits per heavy atom. The van der Waals surface area contributed by atoms with Crippen LogP contribution in [0.25, 0.3) is 10.9 Å². The van der Waals surface area contributed by atoms with Crippen molar-refractivity contribution in [2.45, 2.75) is 33.2 Å². The van der Waals surface area contributed by atoms with Crippen LogP contribution in [-0.4, -0.2) is 41.6 Å². The molecule has 3 rings (SSSR count). The fourth-order valence-electron chi connectivity index (χ4n) is 3.75. The summed E-state index contributed by atoms with van der Waals surface area (Å²) >= 11 is 0. The van der Waals surface area contributed by atoms with Crippen molar-refractivity contribution in [1.82, 2.24) is 14.8 Å². The van der Waals surface area contributed by atoms with Crippen LogP contribution in [0.3, 0.4) is 0 Å². The molecule has 1 fully saturated rings. The number of nitrogens with zero attached hydrogens (tertiary/aromatic N) is 2. The number of fused-ring (bicyclic) bond motifs is 1. The van der Waals surface area contributed by atoms with E-state index in [-0.39, 0.29) is 30.7 Å². The molecule has 1 saturated heterocycles. The molecule has 140 valence electrons. The number of para-hydroxylation sites is 1. The molecule has 25 heavy (non-hydrogen) atoms. The molecule has 0 aliphatic carbocycles. The molecule has 4 nitrogen and oxygen atoms in total. The van der Waals surface area contributed by atoms with Gasteiger partial charge in [-0.3, -0.25) is 14.3 Å². The second kappa shape index (κ2) is 9.58. The normalized spacial score (nSPS) is 17.4. The Morgan fingerprint density at radius 1 is 1.20 bits per heavy atom. The number of aromatic nitrogens is 1. The average molecular weight is 386 g/mol. The van der Waals surface area contributed by atoms with Gasteiger partial charge in [-0.2, -0.15) is 0 Å². The van der Waals surface area contributed by atoms with E-state index in [0.29, 0.717) is 12.0 Å². The molecule has 1 N–H and O–H groups in total. The van der Waals surface area contributed by atoms with E-state index in [1.54, 1.807) is 6.92 Å². The molecule has 1 aliphatic heterocycles. The van der Waals surface area contributed by atoms with Crippen LogP contribution in [0.1, 0.15) is 43.6 Å². The number of carbonyl (C=O) groups is 1. The van der Waals surface area contributed by atoms with E-state index < -0.39 is 0 Å². The number of rotatable bonds is 4. The molecule has 1 aromatic heterocycles. The van der Waals surface area contributed by atoms with Crippen molar-refractivity contribution in [1.29, 1.82) is 0 Å². The fourth-order valence-corrected chi connectivity index (χ4v) is 3.75. The van der Waals surface area contributed by atoms with Gasteiger partial charge in [0.05, 0.1) is 5.52 Å². The predicted octanol–water partition coefficient (Wildman–Crippen LogP) is 4.14. The van der Waals surface area contributed by atoms with Crippen LogP contribution < -0.4 is 5.32 Å². The van der Waals surface area contributed by atoms with Gasteiger partial charge < -0.3 is 5.32 Å². The lowest BCUT2D eigenvalue weighted by molar-refractivity contribution is 0.0940. The Hall–Kier alpha value is -1.07. The average Bonchev–Trinajstić information content (AvgIpc) is 2.96. The van der Waals surface area contributed by atoms with Crippen LogP contribution in [0.15, 0.2) is 30.5 Å². The summed E-state index contributed by atoms with van der Waals surface area (Å²) in [7, 11) is 0. The van der Waals surface area contributed by atoms with Gasteiger partial charge in [0.1, 0.15) is 0 Å². The molecular formula is C19H29Cl2N3O. The van der Waals surface area contributed by atoms with Gasteiger partial charge in [-0.25, -0.2) is 0 Å². The summed E-state index contributed by atoms with van der Waals surface area (Å²) in [6, 6.07) is 8.65. The van der Waals surface area contributed by atoms with Crippen molar-refractivity contribution in [2.75, 3.05) is 26.2 Å². The first-order valence-electron chi connectivity index (χ1n) is 8.69. The second-order valence-electron chi connectivity index (χ2n) is 6.61. The Kier molecular flexibility index (Phi) is 8.42. The van der Waals surface area contributed by atoms with E-state index in [2.05, 4.69) is 42.4 Å². The van der Waals surface area contributed by atoms with Gasteiger partial charge in [0.25, 0.3) is 0 Å². The van der Waals surface area contributed by atoms with Crippen LogP contribution in [-0.2, 0) is 0 Å². The largest absolute Gasteiger partial charge is 0.314 e. The SMILES string of the molecule is CCC(C)[C@H](c1cn(C(C)=O)c2ccccc12)N1CCNCC1.Cl.Cl. The van der Waals surface area contributed by atoms with Gasteiger partial charge in [-0.1, -0.05) is 38.5 Å². The first kappa shape index (κ1) is 22.0. The maximum absolute atomic E-state index is 12.1. The van der Waals surface area contributed by atoms with Crippen molar-refractivity contribution in [3.05, 3.63) is 36.0 Å². The third-order valence-electron chi connectivity index (χ3n) is 5.13. The van der Waals surface area contributed by atoms with Gasteiger partial charge in [-0.15, -0.1) is 24.8 Å². The molecule has 1 aromatic carbocycles. The standard InChI is InChI=1S/C19H27N3O.2ClH/c1-4-14(2)19(21-11-9-20-10-12-21)17-13-22(15(3)23)18-8-6-5-7-16(17)18;;/h5-8,13-14,19-20H,4,9-12H2,1-3H3;2*1H/t14?,19-;;/m1../s1. The maximum Gasteiger partial charge on any atom is 0.227 e. The van der Waals surface area contributed by atoms with Gasteiger partial charge in [-0.05, 0) is 17.5 Å². The third kappa shape index (κ3) is 4.37. The first-order chi connectivity index (χ1) is 11.1. The minimum Gasteiger partial charge on any atom is -0.314 e. The monoisotopic (exact) mass is 385 g/mol. The summed E-state index contributed by atoms with van der Waals surface area (Å²) in [5, 5.41) is 4.65. The lowest BCUT2D eigenvalue weighted by Crippen LogP contribution is -2.46. The zero-order valence-corrected chi connectivity index (χ0v) is 16.8. The molecule has 1 unspecified atom stereocenters. The Labute approximate surface area is 162 Å². The quantitative estimate of drug-likeness (QED) is 0.858. The van der Waals surface area contributed by atoms with Crippen LogP contribution >= 0.6 is 24.8 Å². The minimum absolute atomic E-state index is 0. The first-order valence-corrected chi connectivity index (χ1v) is 8.69. The highest BCUT2D eigenvalue weighted by Gasteiger charge is 2.29. The molecule has 0 radical (unpaired) electrons. The van der Waals surface area contributed by atoms with Crippen molar-refractivity contribution in [3.63, 3.8) is 0 Å². The summed E-state index contributed by atoms with van der Waals surface area (Å²) in [4.78, 5) is 14.6. The predicted molar refractivity (Wildman–Crippen MR) is 109 cm³/mol. The number of benzene rings is 1. The van der Waals surface area contributed by atoms with Gasteiger partial charge in [0, 0.05) is 50.7 Å². The van der Waals surface area contributed by atoms with Crippen molar-refractivity contribution in [2.24, 2.45) is 5.92 Å². The second-order valence-corrected chi connectivity index (χ2v) is 6.61. The highest BCUT2D eigenvalue weighted by atomic mass is 35.5. The highest BCUT2D eigenvalue weighted by molar-refractivity contribution is 5.93. The lowest BCUT2D eigenvalue weighted by Gasteiger charge is -2.38. The number of hydrogen-bond acceptors (Lipinski definition) is 3. The molecule has 2 atom stereocenters. The van der Waals surface area contributed by atoms with Crippen LogP contribution in [0.2, 0.25) is 0 Å². The van der Waals surface area contributed by atoms with Crippen molar-refractivity contribution >= 4 is 41.6 Å². The maximum atomic E-state index is 12.1. The van der Waals surface area contributed by atoms with Crippen molar-refractivity contribution in [3.8, 4) is 0 Å². The Morgan fingerprint density at radius 2 is 1.84 bits per heavy atom. The Bertz CT molecular complexity index is 695. The van der Waals surface area contributed by atoms with Gasteiger partial charge in [0.15, 0.2) is 0 Å². The number of nitrogens with one attached hydrogen (secondary N) is 1. The smallest absolute Gasteiger partial charge is 0.227 e. The van der Waals surface area contributed by atoms with Gasteiger partial charge in [0.2, 0.25) is 5.91 Å². The van der Waals surface area contributed by atoms with E-state index in [0.717, 1.165) is 38.1 Å². The molecule has 0 spiro atoms. The zero-order chi connectivity index (χ0) is 16.4. The van der Waals surface area contributed by atoms with E-state index in [9.17, 15) is 4.79 Å². The molecule has 2 heterocycles. The summed E-state index contributed by atoms with van der Waals surface area (Å²) in [6.07, 6.45) is 3.21. The van der Waals surface area contributed by atoms with Crippen LogP contribution in [0.5, 0.6) is 0 Å². The summed E-state index contributed by atoms with van der Waals surface area (Å²) in [6.45, 7) is 10.4. The van der Waals surface area contributed by atoms with E-state index >= 15 is 0 Å². The summed E-state index contributed by atoms with van der Waals surface area (Å²) in [5.41, 5.74) is 2.32. The zero-order valence-electron chi connectivity index (χ0n) is 15.2. The molecule has 0 amide bonds. The van der Waals surface area contributed by atoms with E-state index in [4.69, 9.17) is 0 Å². The van der Waals surface area contributed by atoms with Crippen LogP contribution in [0, 0.1) is 5.92 Å². The molecule has 2 aromatic rings. The highest BCUT2D eigenvalue weighted by Crippen LogP contribution is 2.36. The van der Waals surface area contributed by atoms with Crippen LogP contribution in [0.4, 0.5) is 0 Å². The molecule has 1 aliphatic rings. The van der Waals surface area contributed by atoms with Gasteiger partial charge >= 0.3 is 0 Å².